The topological polar surface area (TPSA) is 80.1 Å². The van der Waals surface area contributed by atoms with E-state index < -0.39 is 0 Å². The van der Waals surface area contributed by atoms with Crippen LogP contribution in [0, 0.1) is 0 Å². The highest BCUT2D eigenvalue weighted by molar-refractivity contribution is 6.05. The SMILES string of the molecule is CN(C)C(=O)c1cccc(NC(=O)c2ccc(-n3cncn3)cc2)c1. The molecule has 0 aliphatic heterocycles. The van der Waals surface area contributed by atoms with Crippen LogP contribution in [0.15, 0.2) is 61.2 Å². The van der Waals surface area contributed by atoms with Crippen LogP contribution in [0.4, 0.5) is 5.69 Å². The second-order valence-corrected chi connectivity index (χ2v) is 5.62. The Kier molecular flexibility index (Phi) is 4.56. The quantitative estimate of drug-likeness (QED) is 0.793. The predicted molar refractivity (Wildman–Crippen MR) is 93.8 cm³/mol. The van der Waals surface area contributed by atoms with Crippen molar-refractivity contribution in [3.63, 3.8) is 0 Å². The smallest absolute Gasteiger partial charge is 0.255 e. The number of nitrogens with one attached hydrogen (secondary N) is 1. The molecule has 0 spiro atoms. The van der Waals surface area contributed by atoms with E-state index in [1.807, 2.05) is 0 Å². The molecule has 0 aliphatic carbocycles. The van der Waals surface area contributed by atoms with Gasteiger partial charge in [-0.25, -0.2) is 9.67 Å². The molecule has 7 nitrogen and oxygen atoms in total. The number of nitrogens with zero attached hydrogens (tertiary/aromatic N) is 4. The Bertz CT molecular complexity index is 886. The Morgan fingerprint density at radius 2 is 1.80 bits per heavy atom. The lowest BCUT2D eigenvalue weighted by atomic mass is 10.1. The fourth-order valence-corrected chi connectivity index (χ4v) is 2.30. The van der Waals surface area contributed by atoms with Crippen molar-refractivity contribution in [3.05, 3.63) is 72.3 Å². The average Bonchev–Trinajstić information content (AvgIpc) is 3.16. The Balaban J connectivity index is 1.74. The molecule has 0 aliphatic rings. The molecule has 1 N–H and O–H groups in total. The van der Waals surface area contributed by atoms with Crippen molar-refractivity contribution in [1.82, 2.24) is 19.7 Å². The van der Waals surface area contributed by atoms with E-state index in [4.69, 9.17) is 0 Å². The van der Waals surface area contributed by atoms with E-state index in [1.54, 1.807) is 73.6 Å². The molecule has 7 heteroatoms. The van der Waals surface area contributed by atoms with Gasteiger partial charge in [-0.05, 0) is 42.5 Å². The second-order valence-electron chi connectivity index (χ2n) is 5.62. The first-order valence-electron chi connectivity index (χ1n) is 7.63. The normalized spacial score (nSPS) is 10.3. The van der Waals surface area contributed by atoms with Gasteiger partial charge in [0, 0.05) is 30.9 Å². The summed E-state index contributed by atoms with van der Waals surface area (Å²) in [6.45, 7) is 0. The van der Waals surface area contributed by atoms with Crippen LogP contribution in [-0.4, -0.2) is 45.6 Å². The summed E-state index contributed by atoms with van der Waals surface area (Å²) >= 11 is 0. The number of aromatic nitrogens is 3. The Hall–Kier alpha value is -3.48. The molecule has 0 saturated carbocycles. The van der Waals surface area contributed by atoms with E-state index in [0.717, 1.165) is 5.69 Å². The molecular formula is C18H17N5O2. The Morgan fingerprint density at radius 3 is 2.44 bits per heavy atom. The number of benzene rings is 2. The van der Waals surface area contributed by atoms with Gasteiger partial charge in [0.2, 0.25) is 0 Å². The largest absolute Gasteiger partial charge is 0.345 e. The van der Waals surface area contributed by atoms with Gasteiger partial charge in [-0.2, -0.15) is 5.10 Å². The Morgan fingerprint density at radius 1 is 1.04 bits per heavy atom. The molecule has 25 heavy (non-hydrogen) atoms. The average molecular weight is 335 g/mol. The molecule has 0 saturated heterocycles. The minimum Gasteiger partial charge on any atom is -0.345 e. The summed E-state index contributed by atoms with van der Waals surface area (Å²) in [5.74, 6) is -0.368. The van der Waals surface area contributed by atoms with Crippen LogP contribution in [0.5, 0.6) is 0 Å². The summed E-state index contributed by atoms with van der Waals surface area (Å²) in [6, 6.07) is 13.8. The zero-order valence-corrected chi connectivity index (χ0v) is 13.9. The third kappa shape index (κ3) is 3.72. The molecule has 0 radical (unpaired) electrons. The minimum absolute atomic E-state index is 0.117. The maximum atomic E-state index is 12.4. The fourth-order valence-electron chi connectivity index (χ4n) is 2.30. The third-order valence-corrected chi connectivity index (χ3v) is 3.59. The molecule has 1 heterocycles. The van der Waals surface area contributed by atoms with Crippen LogP contribution in [-0.2, 0) is 0 Å². The maximum Gasteiger partial charge on any atom is 0.255 e. The number of amides is 2. The molecule has 3 rings (SSSR count). The van der Waals surface area contributed by atoms with Crippen LogP contribution in [0.3, 0.4) is 0 Å². The summed E-state index contributed by atoms with van der Waals surface area (Å²) in [4.78, 5) is 29.8. The van der Waals surface area contributed by atoms with Gasteiger partial charge in [0.1, 0.15) is 12.7 Å². The predicted octanol–water partition coefficient (Wildman–Crippen LogP) is 2.22. The lowest BCUT2D eigenvalue weighted by Gasteiger charge is -2.12. The highest BCUT2D eigenvalue weighted by Crippen LogP contribution is 2.14. The first-order chi connectivity index (χ1) is 12.0. The van der Waals surface area contributed by atoms with Crippen molar-refractivity contribution in [2.75, 3.05) is 19.4 Å². The summed E-state index contributed by atoms with van der Waals surface area (Å²) in [5, 5.41) is 6.84. The number of rotatable bonds is 4. The molecule has 0 unspecified atom stereocenters. The van der Waals surface area contributed by atoms with Crippen molar-refractivity contribution >= 4 is 17.5 Å². The summed E-state index contributed by atoms with van der Waals surface area (Å²) < 4.78 is 1.61. The van der Waals surface area contributed by atoms with Crippen molar-refractivity contribution in [1.29, 1.82) is 0 Å². The molecule has 2 aromatic carbocycles. The van der Waals surface area contributed by atoms with E-state index in [0.29, 0.717) is 16.8 Å². The monoisotopic (exact) mass is 335 g/mol. The number of hydrogen-bond acceptors (Lipinski definition) is 4. The molecule has 0 fully saturated rings. The maximum absolute atomic E-state index is 12.4. The van der Waals surface area contributed by atoms with Gasteiger partial charge in [-0.1, -0.05) is 6.07 Å². The van der Waals surface area contributed by atoms with Gasteiger partial charge in [0.15, 0.2) is 0 Å². The first-order valence-corrected chi connectivity index (χ1v) is 7.63. The molecule has 3 aromatic rings. The minimum atomic E-state index is -0.250. The standard InChI is InChI=1S/C18H17N5O2/c1-22(2)18(25)14-4-3-5-15(10-14)21-17(24)13-6-8-16(9-7-13)23-12-19-11-20-23/h3-12H,1-2H3,(H,21,24). The number of anilines is 1. The van der Waals surface area contributed by atoms with Gasteiger partial charge >= 0.3 is 0 Å². The van der Waals surface area contributed by atoms with Crippen LogP contribution in [0.25, 0.3) is 5.69 Å². The van der Waals surface area contributed by atoms with Crippen molar-refractivity contribution in [3.8, 4) is 5.69 Å². The zero-order chi connectivity index (χ0) is 17.8. The number of carbonyl (C=O) groups excluding carboxylic acids is 2. The highest BCUT2D eigenvalue weighted by atomic mass is 16.2. The molecule has 1 aromatic heterocycles. The van der Waals surface area contributed by atoms with Gasteiger partial charge in [0.05, 0.1) is 5.69 Å². The molecule has 2 amide bonds. The van der Waals surface area contributed by atoms with Crippen molar-refractivity contribution < 1.29 is 9.59 Å². The second kappa shape index (κ2) is 6.96. The zero-order valence-electron chi connectivity index (χ0n) is 13.9. The van der Waals surface area contributed by atoms with Crippen LogP contribution in [0.2, 0.25) is 0 Å². The number of carbonyl (C=O) groups is 2. The van der Waals surface area contributed by atoms with Crippen molar-refractivity contribution in [2.24, 2.45) is 0 Å². The third-order valence-electron chi connectivity index (χ3n) is 3.59. The first kappa shape index (κ1) is 16.4. The molecule has 0 bridgehead atoms. The lowest BCUT2D eigenvalue weighted by Crippen LogP contribution is -2.22. The van der Waals surface area contributed by atoms with E-state index in [1.165, 1.54) is 11.2 Å². The summed E-state index contributed by atoms with van der Waals surface area (Å²) in [5.41, 5.74) is 2.41. The van der Waals surface area contributed by atoms with Crippen LogP contribution >= 0.6 is 0 Å². The summed E-state index contributed by atoms with van der Waals surface area (Å²) in [7, 11) is 3.37. The highest BCUT2D eigenvalue weighted by Gasteiger charge is 2.11. The summed E-state index contributed by atoms with van der Waals surface area (Å²) in [6.07, 6.45) is 3.03. The van der Waals surface area contributed by atoms with Crippen molar-refractivity contribution in [2.45, 2.75) is 0 Å². The van der Waals surface area contributed by atoms with Gasteiger partial charge < -0.3 is 10.2 Å². The van der Waals surface area contributed by atoms with E-state index >= 15 is 0 Å². The Labute approximate surface area is 144 Å². The van der Waals surface area contributed by atoms with E-state index in [9.17, 15) is 9.59 Å². The van der Waals surface area contributed by atoms with Crippen LogP contribution < -0.4 is 5.32 Å². The van der Waals surface area contributed by atoms with Gasteiger partial charge in [-0.3, -0.25) is 9.59 Å². The number of hydrogen-bond donors (Lipinski definition) is 1. The molecule has 126 valence electrons. The van der Waals surface area contributed by atoms with Gasteiger partial charge in [0.25, 0.3) is 11.8 Å². The van der Waals surface area contributed by atoms with E-state index in [-0.39, 0.29) is 11.8 Å². The molecule has 0 atom stereocenters. The van der Waals surface area contributed by atoms with Crippen LogP contribution in [0.1, 0.15) is 20.7 Å². The molecular weight excluding hydrogens is 318 g/mol. The fraction of sp³-hybridized carbons (Fsp3) is 0.111. The van der Waals surface area contributed by atoms with E-state index in [2.05, 4.69) is 15.4 Å². The van der Waals surface area contributed by atoms with Gasteiger partial charge in [-0.15, -0.1) is 0 Å². The lowest BCUT2D eigenvalue weighted by molar-refractivity contribution is 0.0827.